The minimum atomic E-state index is 0.552. The number of hydrogen-bond donors (Lipinski definition) is 2. The Morgan fingerprint density at radius 1 is 1.12 bits per heavy atom. The van der Waals surface area contributed by atoms with E-state index in [-0.39, 0.29) is 0 Å². The average Bonchev–Trinajstić information content (AvgIpc) is 3.07. The Kier molecular flexibility index (Phi) is 7.99. The van der Waals surface area contributed by atoms with Crippen LogP contribution in [0.15, 0.2) is 33.8 Å². The number of ether oxygens (including phenoxy) is 1. The number of nitrogens with zero attached hydrogens (tertiary/aromatic N) is 2. The van der Waals surface area contributed by atoms with E-state index in [1.165, 1.54) is 0 Å². The quantitative estimate of drug-likeness (QED) is 0.531. The number of para-hydroxylation sites is 1. The normalized spacial score (nSPS) is 11.5. The first-order chi connectivity index (χ1) is 12.7. The first-order valence-electron chi connectivity index (χ1n) is 9.42. The van der Waals surface area contributed by atoms with Crippen LogP contribution in [0.1, 0.15) is 50.3 Å². The topological polar surface area (TPSA) is 71.7 Å². The molecule has 1 heterocycles. The lowest BCUT2D eigenvalue weighted by atomic mass is 10.1. The molecule has 0 fully saturated rings. The van der Waals surface area contributed by atoms with Crippen LogP contribution in [-0.4, -0.2) is 24.3 Å². The summed E-state index contributed by atoms with van der Waals surface area (Å²) in [6.45, 7) is 10.8. The Morgan fingerprint density at radius 3 is 2.62 bits per heavy atom. The van der Waals surface area contributed by atoms with Gasteiger partial charge in [-0.1, -0.05) is 37.2 Å². The van der Waals surface area contributed by atoms with Crippen LogP contribution in [0.2, 0.25) is 0 Å². The average molecular weight is 358 g/mol. The zero-order valence-electron chi connectivity index (χ0n) is 16.3. The Balaban J connectivity index is 2.09. The number of aromatic nitrogens is 1. The van der Waals surface area contributed by atoms with E-state index in [9.17, 15) is 0 Å². The highest BCUT2D eigenvalue weighted by Gasteiger charge is 2.13. The van der Waals surface area contributed by atoms with E-state index >= 15 is 0 Å². The molecule has 1 aromatic heterocycles. The molecule has 0 unspecified atom stereocenters. The van der Waals surface area contributed by atoms with Gasteiger partial charge in [-0.05, 0) is 26.3 Å². The number of guanidine groups is 1. The summed E-state index contributed by atoms with van der Waals surface area (Å²) in [5, 5.41) is 10.8. The lowest BCUT2D eigenvalue weighted by molar-refractivity contribution is 0.336. The van der Waals surface area contributed by atoms with Gasteiger partial charge in [0, 0.05) is 30.6 Å². The highest BCUT2D eigenvalue weighted by molar-refractivity contribution is 5.79. The predicted molar refractivity (Wildman–Crippen MR) is 105 cm³/mol. The summed E-state index contributed by atoms with van der Waals surface area (Å²) in [5.74, 6) is 2.59. The number of nitrogens with one attached hydrogen (secondary N) is 2. The SMILES string of the molecule is CCNC(=NCc1ccccc1OCC)NCc1c(CC)noc1CC. The third kappa shape index (κ3) is 5.25. The predicted octanol–water partition coefficient (Wildman–Crippen LogP) is 3.45. The molecule has 0 spiro atoms. The Morgan fingerprint density at radius 2 is 1.92 bits per heavy atom. The fraction of sp³-hybridized carbons (Fsp3) is 0.500. The number of aliphatic imine (C=N–C) groups is 1. The van der Waals surface area contributed by atoms with E-state index in [0.717, 1.165) is 53.7 Å². The van der Waals surface area contributed by atoms with E-state index in [0.29, 0.717) is 19.7 Å². The molecule has 6 nitrogen and oxygen atoms in total. The highest BCUT2D eigenvalue weighted by Crippen LogP contribution is 2.19. The number of rotatable bonds is 9. The van der Waals surface area contributed by atoms with Gasteiger partial charge < -0.3 is 19.9 Å². The molecule has 0 saturated heterocycles. The maximum atomic E-state index is 5.68. The summed E-state index contributed by atoms with van der Waals surface area (Å²) in [6.07, 6.45) is 1.69. The fourth-order valence-corrected chi connectivity index (χ4v) is 2.75. The van der Waals surface area contributed by atoms with E-state index in [4.69, 9.17) is 14.3 Å². The highest BCUT2D eigenvalue weighted by atomic mass is 16.5. The van der Waals surface area contributed by atoms with Crippen LogP contribution in [0.25, 0.3) is 0 Å². The molecule has 142 valence electrons. The number of hydrogen-bond acceptors (Lipinski definition) is 4. The van der Waals surface area contributed by atoms with Crippen molar-refractivity contribution in [3.05, 3.63) is 46.8 Å². The van der Waals surface area contributed by atoms with Crippen LogP contribution in [0, 0.1) is 0 Å². The molecule has 2 rings (SSSR count). The molecule has 0 atom stereocenters. The van der Waals surface area contributed by atoms with Crippen LogP contribution in [-0.2, 0) is 25.9 Å². The summed E-state index contributed by atoms with van der Waals surface area (Å²) < 4.78 is 11.1. The van der Waals surface area contributed by atoms with E-state index < -0.39 is 0 Å². The van der Waals surface area contributed by atoms with E-state index in [1.807, 2.05) is 31.2 Å². The van der Waals surface area contributed by atoms with Crippen molar-refractivity contribution in [3.8, 4) is 5.75 Å². The molecule has 0 aliphatic rings. The van der Waals surface area contributed by atoms with Gasteiger partial charge in [0.2, 0.25) is 0 Å². The maximum Gasteiger partial charge on any atom is 0.191 e. The molecule has 0 radical (unpaired) electrons. The van der Waals surface area contributed by atoms with Crippen molar-refractivity contribution in [2.45, 2.75) is 53.6 Å². The first-order valence-corrected chi connectivity index (χ1v) is 9.42. The largest absolute Gasteiger partial charge is 0.494 e. The molecule has 2 N–H and O–H groups in total. The smallest absolute Gasteiger partial charge is 0.191 e. The molecule has 0 saturated carbocycles. The Hall–Kier alpha value is -2.50. The second kappa shape index (κ2) is 10.5. The summed E-state index contributed by atoms with van der Waals surface area (Å²) in [6, 6.07) is 8.01. The lowest BCUT2D eigenvalue weighted by Crippen LogP contribution is -2.37. The van der Waals surface area contributed by atoms with Crippen molar-refractivity contribution in [1.29, 1.82) is 0 Å². The van der Waals surface area contributed by atoms with Crippen molar-refractivity contribution >= 4 is 5.96 Å². The minimum Gasteiger partial charge on any atom is -0.494 e. The summed E-state index contributed by atoms with van der Waals surface area (Å²) >= 11 is 0. The molecule has 6 heteroatoms. The number of aryl methyl sites for hydroxylation is 2. The molecule has 0 aliphatic heterocycles. The van der Waals surface area contributed by atoms with Gasteiger partial charge in [-0.3, -0.25) is 0 Å². The van der Waals surface area contributed by atoms with Gasteiger partial charge in [-0.15, -0.1) is 0 Å². The second-order valence-electron chi connectivity index (χ2n) is 5.83. The lowest BCUT2D eigenvalue weighted by Gasteiger charge is -2.13. The molecule has 2 aromatic rings. The molecule has 0 aliphatic carbocycles. The first kappa shape index (κ1) is 19.8. The monoisotopic (exact) mass is 358 g/mol. The third-order valence-corrected chi connectivity index (χ3v) is 4.06. The van der Waals surface area contributed by atoms with Gasteiger partial charge in [0.15, 0.2) is 5.96 Å². The molecular weight excluding hydrogens is 328 g/mol. The zero-order chi connectivity index (χ0) is 18.8. The van der Waals surface area contributed by atoms with E-state index in [1.54, 1.807) is 0 Å². The van der Waals surface area contributed by atoms with Gasteiger partial charge in [0.05, 0.1) is 18.8 Å². The second-order valence-corrected chi connectivity index (χ2v) is 5.83. The zero-order valence-corrected chi connectivity index (χ0v) is 16.3. The minimum absolute atomic E-state index is 0.552. The van der Waals surface area contributed by atoms with Crippen LogP contribution in [0.5, 0.6) is 5.75 Å². The van der Waals surface area contributed by atoms with Gasteiger partial charge >= 0.3 is 0 Å². The van der Waals surface area contributed by atoms with Crippen LogP contribution >= 0.6 is 0 Å². The molecule has 0 amide bonds. The van der Waals surface area contributed by atoms with Crippen LogP contribution in [0.3, 0.4) is 0 Å². The van der Waals surface area contributed by atoms with Crippen molar-refractivity contribution in [2.75, 3.05) is 13.2 Å². The van der Waals surface area contributed by atoms with Gasteiger partial charge in [-0.25, -0.2) is 4.99 Å². The third-order valence-electron chi connectivity index (χ3n) is 4.06. The Bertz CT molecular complexity index is 688. The van der Waals surface area contributed by atoms with Gasteiger partial charge in [-0.2, -0.15) is 0 Å². The van der Waals surface area contributed by atoms with Gasteiger partial charge in [0.25, 0.3) is 0 Å². The van der Waals surface area contributed by atoms with Gasteiger partial charge in [0.1, 0.15) is 11.5 Å². The molecule has 1 aromatic carbocycles. The molecule has 0 bridgehead atoms. The fourth-order valence-electron chi connectivity index (χ4n) is 2.75. The molecular formula is C20H30N4O2. The van der Waals surface area contributed by atoms with Crippen molar-refractivity contribution < 1.29 is 9.26 Å². The summed E-state index contributed by atoms with van der Waals surface area (Å²) in [5.41, 5.74) is 3.21. The van der Waals surface area contributed by atoms with Crippen molar-refractivity contribution in [1.82, 2.24) is 15.8 Å². The molecule has 26 heavy (non-hydrogen) atoms. The number of benzene rings is 1. The van der Waals surface area contributed by atoms with E-state index in [2.05, 4.69) is 36.6 Å². The summed E-state index contributed by atoms with van der Waals surface area (Å²) in [4.78, 5) is 4.70. The maximum absolute atomic E-state index is 5.68. The van der Waals surface area contributed by atoms with Crippen LogP contribution in [0.4, 0.5) is 0 Å². The van der Waals surface area contributed by atoms with Crippen molar-refractivity contribution in [3.63, 3.8) is 0 Å². The Labute approximate surface area is 156 Å². The van der Waals surface area contributed by atoms with Crippen LogP contribution < -0.4 is 15.4 Å². The van der Waals surface area contributed by atoms with Crippen molar-refractivity contribution in [2.24, 2.45) is 4.99 Å². The summed E-state index contributed by atoms with van der Waals surface area (Å²) in [7, 11) is 0. The standard InChI is InChI=1S/C20H30N4O2/c1-5-17-16(18(6-2)26-24-17)14-23-20(21-7-3)22-13-15-11-9-10-12-19(15)25-8-4/h9-12H,5-8,13-14H2,1-4H3,(H2,21,22,23).